The number of rotatable bonds is 9. The summed E-state index contributed by atoms with van der Waals surface area (Å²) in [7, 11) is 1.78. The van der Waals surface area contributed by atoms with Crippen molar-refractivity contribution in [2.24, 2.45) is 10.9 Å². The first-order valence-electron chi connectivity index (χ1n) is 9.58. The van der Waals surface area contributed by atoms with E-state index in [4.69, 9.17) is 4.74 Å². The number of aliphatic imine (C=N–C) groups is 1. The number of unbranched alkanes of at least 4 members (excludes halogenated alkanes) is 1. The van der Waals surface area contributed by atoms with E-state index in [2.05, 4.69) is 34.8 Å². The topological polar surface area (TPSA) is 74.8 Å². The predicted octanol–water partition coefficient (Wildman–Crippen LogP) is 2.94. The van der Waals surface area contributed by atoms with Crippen LogP contribution in [0.2, 0.25) is 0 Å². The molecular weight excluding hydrogens is 328 g/mol. The molecule has 2 rings (SSSR count). The lowest BCUT2D eigenvalue weighted by atomic mass is 10.0. The van der Waals surface area contributed by atoms with Crippen LogP contribution in [-0.2, 0) is 11.2 Å². The highest BCUT2D eigenvalue weighted by Crippen LogP contribution is 2.26. The van der Waals surface area contributed by atoms with Crippen molar-refractivity contribution in [2.45, 2.75) is 46.0 Å². The van der Waals surface area contributed by atoms with Gasteiger partial charge in [0.2, 0.25) is 5.91 Å². The molecule has 1 amide bonds. The number of amides is 1. The van der Waals surface area contributed by atoms with E-state index in [0.717, 1.165) is 48.3 Å². The van der Waals surface area contributed by atoms with Gasteiger partial charge in [0.05, 0.1) is 6.54 Å². The summed E-state index contributed by atoms with van der Waals surface area (Å²) in [6.45, 7) is 6.68. The van der Waals surface area contributed by atoms with Crippen LogP contribution in [0.1, 0.15) is 45.1 Å². The van der Waals surface area contributed by atoms with Crippen molar-refractivity contribution < 1.29 is 9.53 Å². The molecule has 0 spiro atoms. The second-order valence-corrected chi connectivity index (χ2v) is 7.03. The maximum atomic E-state index is 11.4. The molecule has 1 aliphatic heterocycles. The summed E-state index contributed by atoms with van der Waals surface area (Å²) in [5.41, 5.74) is 2.03. The molecule has 0 aromatic heterocycles. The number of anilines is 1. The van der Waals surface area contributed by atoms with Crippen LogP contribution in [0.5, 0.6) is 5.75 Å². The number of fused-ring (bicyclic) bond motifs is 1. The van der Waals surface area contributed by atoms with E-state index in [1.807, 2.05) is 18.2 Å². The van der Waals surface area contributed by atoms with Crippen LogP contribution >= 0.6 is 0 Å². The van der Waals surface area contributed by atoms with E-state index in [0.29, 0.717) is 19.6 Å². The van der Waals surface area contributed by atoms with Gasteiger partial charge in [-0.3, -0.25) is 9.79 Å². The molecule has 0 atom stereocenters. The zero-order valence-corrected chi connectivity index (χ0v) is 16.2. The number of carbonyl (C=O) groups is 1. The molecule has 0 saturated carbocycles. The zero-order valence-electron chi connectivity index (χ0n) is 16.2. The van der Waals surface area contributed by atoms with E-state index < -0.39 is 0 Å². The Bertz CT molecular complexity index is 614. The predicted molar refractivity (Wildman–Crippen MR) is 107 cm³/mol. The van der Waals surface area contributed by atoms with Gasteiger partial charge in [-0.05, 0) is 42.5 Å². The minimum atomic E-state index is 0.0819. The van der Waals surface area contributed by atoms with Gasteiger partial charge in [0.1, 0.15) is 12.4 Å². The fourth-order valence-corrected chi connectivity index (χ4v) is 2.89. The highest BCUT2D eigenvalue weighted by atomic mass is 16.5. The molecule has 0 fully saturated rings. The average Bonchev–Trinajstić information content (AvgIpc) is 2.63. The summed E-state index contributed by atoms with van der Waals surface area (Å²) in [5, 5.41) is 9.47. The van der Waals surface area contributed by atoms with Crippen molar-refractivity contribution in [1.82, 2.24) is 10.6 Å². The van der Waals surface area contributed by atoms with Gasteiger partial charge in [0.25, 0.3) is 0 Å². The van der Waals surface area contributed by atoms with E-state index in [1.165, 1.54) is 12.8 Å². The molecule has 144 valence electrons. The molecule has 0 saturated heterocycles. The fraction of sp³-hybridized carbons (Fsp3) is 0.600. The quantitative estimate of drug-likeness (QED) is 0.360. The van der Waals surface area contributed by atoms with Gasteiger partial charge in [0, 0.05) is 25.7 Å². The summed E-state index contributed by atoms with van der Waals surface area (Å²) >= 11 is 0. The number of aryl methyl sites for hydroxylation is 1. The second kappa shape index (κ2) is 10.7. The monoisotopic (exact) mass is 360 g/mol. The molecule has 0 bridgehead atoms. The number of benzene rings is 1. The Balaban J connectivity index is 1.64. The van der Waals surface area contributed by atoms with Gasteiger partial charge >= 0.3 is 0 Å². The number of guanidine groups is 1. The minimum absolute atomic E-state index is 0.0819. The molecule has 3 N–H and O–H groups in total. The van der Waals surface area contributed by atoms with Crippen LogP contribution in [0, 0.1) is 5.92 Å². The Hall–Kier alpha value is -2.24. The van der Waals surface area contributed by atoms with Crippen molar-refractivity contribution in [1.29, 1.82) is 0 Å². The summed E-state index contributed by atoms with van der Waals surface area (Å²) < 4.78 is 5.81. The molecule has 0 unspecified atom stereocenters. The summed E-state index contributed by atoms with van der Waals surface area (Å²) in [4.78, 5) is 15.6. The normalized spacial score (nSPS) is 14.0. The van der Waals surface area contributed by atoms with Crippen molar-refractivity contribution in [2.75, 3.05) is 32.1 Å². The fourth-order valence-electron chi connectivity index (χ4n) is 2.89. The maximum absolute atomic E-state index is 11.4. The zero-order chi connectivity index (χ0) is 18.8. The standard InChI is InChI=1S/C20H32N4O2/c1-15(2)6-4-5-11-22-20(21-3)23-12-13-26-17-8-9-18-16(14-17)7-10-19(25)24-18/h8-9,14-15H,4-7,10-13H2,1-3H3,(H,24,25)(H2,21,22,23). The third-order valence-electron chi connectivity index (χ3n) is 4.36. The number of hydrogen-bond acceptors (Lipinski definition) is 3. The molecule has 1 heterocycles. The lowest BCUT2D eigenvalue weighted by Gasteiger charge is -2.18. The molecule has 0 radical (unpaired) electrons. The molecule has 6 nitrogen and oxygen atoms in total. The van der Waals surface area contributed by atoms with Crippen molar-refractivity contribution >= 4 is 17.6 Å². The molecule has 1 aromatic carbocycles. The van der Waals surface area contributed by atoms with Gasteiger partial charge in [-0.1, -0.05) is 26.7 Å². The molecule has 0 aliphatic carbocycles. The molecular formula is C20H32N4O2. The van der Waals surface area contributed by atoms with Crippen molar-refractivity contribution in [3.05, 3.63) is 23.8 Å². The smallest absolute Gasteiger partial charge is 0.224 e. The van der Waals surface area contributed by atoms with E-state index in [1.54, 1.807) is 7.05 Å². The molecule has 26 heavy (non-hydrogen) atoms. The molecule has 1 aliphatic rings. The minimum Gasteiger partial charge on any atom is -0.492 e. The van der Waals surface area contributed by atoms with Crippen LogP contribution in [-0.4, -0.2) is 38.6 Å². The van der Waals surface area contributed by atoms with Crippen LogP contribution in [0.25, 0.3) is 0 Å². The third kappa shape index (κ3) is 6.94. The van der Waals surface area contributed by atoms with Crippen LogP contribution in [0.15, 0.2) is 23.2 Å². The SMILES string of the molecule is CN=C(NCCCCC(C)C)NCCOc1ccc2c(c1)CCC(=O)N2. The molecule has 6 heteroatoms. The highest BCUT2D eigenvalue weighted by molar-refractivity contribution is 5.94. The van der Waals surface area contributed by atoms with Gasteiger partial charge in [-0.15, -0.1) is 0 Å². The Morgan fingerprint density at radius 2 is 2.04 bits per heavy atom. The first kappa shape index (κ1) is 20.1. The first-order chi connectivity index (χ1) is 12.6. The van der Waals surface area contributed by atoms with Crippen LogP contribution in [0.3, 0.4) is 0 Å². The van der Waals surface area contributed by atoms with Crippen LogP contribution in [0.4, 0.5) is 5.69 Å². The first-order valence-corrected chi connectivity index (χ1v) is 9.58. The maximum Gasteiger partial charge on any atom is 0.224 e. The number of nitrogens with one attached hydrogen (secondary N) is 3. The van der Waals surface area contributed by atoms with Gasteiger partial charge < -0.3 is 20.7 Å². The summed E-state index contributed by atoms with van der Waals surface area (Å²) in [6.07, 6.45) is 4.97. The number of ether oxygens (including phenoxy) is 1. The lowest BCUT2D eigenvalue weighted by molar-refractivity contribution is -0.116. The Kier molecular flexibility index (Phi) is 8.25. The van der Waals surface area contributed by atoms with Crippen molar-refractivity contribution in [3.8, 4) is 5.75 Å². The largest absolute Gasteiger partial charge is 0.492 e. The molecule has 1 aromatic rings. The van der Waals surface area contributed by atoms with Crippen molar-refractivity contribution in [3.63, 3.8) is 0 Å². The van der Waals surface area contributed by atoms with Gasteiger partial charge in [-0.25, -0.2) is 0 Å². The Labute approximate surface area is 156 Å². The third-order valence-corrected chi connectivity index (χ3v) is 4.36. The Morgan fingerprint density at radius 1 is 1.23 bits per heavy atom. The van der Waals surface area contributed by atoms with Gasteiger partial charge in [0.15, 0.2) is 5.96 Å². The van der Waals surface area contributed by atoms with E-state index >= 15 is 0 Å². The van der Waals surface area contributed by atoms with E-state index in [-0.39, 0.29) is 5.91 Å². The Morgan fingerprint density at radius 3 is 2.81 bits per heavy atom. The van der Waals surface area contributed by atoms with E-state index in [9.17, 15) is 4.79 Å². The number of hydrogen-bond donors (Lipinski definition) is 3. The second-order valence-electron chi connectivity index (χ2n) is 7.03. The average molecular weight is 361 g/mol. The van der Waals surface area contributed by atoms with Gasteiger partial charge in [-0.2, -0.15) is 0 Å². The highest BCUT2D eigenvalue weighted by Gasteiger charge is 2.14. The summed E-state index contributed by atoms with van der Waals surface area (Å²) in [5.74, 6) is 2.49. The summed E-state index contributed by atoms with van der Waals surface area (Å²) in [6, 6.07) is 5.82. The lowest BCUT2D eigenvalue weighted by Crippen LogP contribution is -2.39. The number of nitrogens with zero attached hydrogens (tertiary/aromatic N) is 1. The number of carbonyl (C=O) groups excluding carboxylic acids is 1. The van der Waals surface area contributed by atoms with Crippen LogP contribution < -0.4 is 20.7 Å².